The zero-order valence-electron chi connectivity index (χ0n) is 10.3. The van der Waals surface area contributed by atoms with Gasteiger partial charge in [0.1, 0.15) is 11.6 Å². The van der Waals surface area contributed by atoms with Crippen molar-refractivity contribution in [1.82, 2.24) is 9.97 Å². The summed E-state index contributed by atoms with van der Waals surface area (Å²) in [5, 5.41) is 3.14. The summed E-state index contributed by atoms with van der Waals surface area (Å²) in [4.78, 5) is 8.26. The van der Waals surface area contributed by atoms with Crippen molar-refractivity contribution in [2.75, 3.05) is 5.32 Å². The molecule has 1 aromatic carbocycles. The first-order valence-electron chi connectivity index (χ1n) is 5.71. The Morgan fingerprint density at radius 2 is 1.95 bits per heavy atom. The smallest absolute Gasteiger partial charge is 0.387 e. The van der Waals surface area contributed by atoms with Gasteiger partial charge in [0.15, 0.2) is 0 Å². The lowest BCUT2D eigenvalue weighted by molar-refractivity contribution is -0.0498. The summed E-state index contributed by atoms with van der Waals surface area (Å²) >= 11 is 0. The maximum atomic E-state index is 12.0. The van der Waals surface area contributed by atoms with Gasteiger partial charge in [-0.1, -0.05) is 0 Å². The molecule has 1 heterocycles. The lowest BCUT2D eigenvalue weighted by Gasteiger charge is -2.08. The first-order chi connectivity index (χ1) is 9.13. The van der Waals surface area contributed by atoms with Crippen LogP contribution in [0.1, 0.15) is 11.5 Å². The number of alkyl halides is 2. The lowest BCUT2D eigenvalue weighted by atomic mass is 10.3. The van der Waals surface area contributed by atoms with Gasteiger partial charge in [-0.2, -0.15) is 8.78 Å². The van der Waals surface area contributed by atoms with Crippen LogP contribution in [0, 0.1) is 6.92 Å². The summed E-state index contributed by atoms with van der Waals surface area (Å²) in [6.45, 7) is -0.443. The maximum absolute atomic E-state index is 12.0. The Balaban J connectivity index is 1.93. The molecule has 0 bridgehead atoms. The van der Waals surface area contributed by atoms with Gasteiger partial charge in [0, 0.05) is 11.9 Å². The van der Waals surface area contributed by atoms with Crippen molar-refractivity contribution in [3.63, 3.8) is 0 Å². The Morgan fingerprint density at radius 1 is 1.21 bits per heavy atom. The average Bonchev–Trinajstić information content (AvgIpc) is 2.37. The number of nitrogens with one attached hydrogen (secondary N) is 1. The van der Waals surface area contributed by atoms with Crippen molar-refractivity contribution in [1.29, 1.82) is 0 Å². The number of ether oxygens (including phenoxy) is 1. The number of anilines is 1. The fraction of sp³-hybridized carbons (Fsp3) is 0.231. The fourth-order valence-electron chi connectivity index (χ4n) is 1.55. The highest BCUT2D eigenvalue weighted by atomic mass is 19.3. The number of hydrogen-bond acceptors (Lipinski definition) is 4. The summed E-state index contributed by atoms with van der Waals surface area (Å²) < 4.78 is 28.2. The van der Waals surface area contributed by atoms with E-state index in [0.717, 1.165) is 11.4 Å². The molecule has 0 saturated carbocycles. The molecule has 0 saturated heterocycles. The molecule has 0 fully saturated rings. The molecule has 0 amide bonds. The summed E-state index contributed by atoms with van der Waals surface area (Å²) in [6.07, 6.45) is 1.69. The van der Waals surface area contributed by atoms with E-state index in [4.69, 9.17) is 0 Å². The first kappa shape index (κ1) is 13.2. The number of aryl methyl sites for hydroxylation is 1. The van der Waals surface area contributed by atoms with Gasteiger partial charge in [0.2, 0.25) is 0 Å². The van der Waals surface area contributed by atoms with Crippen molar-refractivity contribution >= 4 is 5.69 Å². The van der Waals surface area contributed by atoms with Crippen LogP contribution < -0.4 is 10.1 Å². The van der Waals surface area contributed by atoms with E-state index < -0.39 is 6.61 Å². The molecular weight excluding hydrogens is 252 g/mol. The zero-order chi connectivity index (χ0) is 13.7. The number of rotatable bonds is 5. The zero-order valence-corrected chi connectivity index (χ0v) is 10.3. The largest absolute Gasteiger partial charge is 0.435 e. The minimum atomic E-state index is -2.80. The standard InChI is InChI=1S/C13H13F2N3O/c1-9-16-7-6-11(18-9)8-17-10-2-4-12(5-3-10)19-13(14)15/h2-7,13,17H,8H2,1H3. The van der Waals surface area contributed by atoms with Crippen LogP contribution in [0.25, 0.3) is 0 Å². The summed E-state index contributed by atoms with van der Waals surface area (Å²) in [6, 6.07) is 8.13. The van der Waals surface area contributed by atoms with Crippen LogP contribution in [0.5, 0.6) is 5.75 Å². The van der Waals surface area contributed by atoms with Gasteiger partial charge in [0.25, 0.3) is 0 Å². The molecule has 19 heavy (non-hydrogen) atoms. The normalized spacial score (nSPS) is 10.5. The second-order valence-electron chi connectivity index (χ2n) is 3.85. The molecule has 2 rings (SSSR count). The van der Waals surface area contributed by atoms with E-state index in [1.807, 2.05) is 13.0 Å². The molecule has 6 heteroatoms. The van der Waals surface area contributed by atoms with E-state index in [9.17, 15) is 8.78 Å². The third-order valence-corrected chi connectivity index (χ3v) is 2.39. The van der Waals surface area contributed by atoms with Crippen LogP contribution in [-0.2, 0) is 6.54 Å². The van der Waals surface area contributed by atoms with E-state index in [-0.39, 0.29) is 5.75 Å². The fourth-order valence-corrected chi connectivity index (χ4v) is 1.55. The minimum Gasteiger partial charge on any atom is -0.435 e. The van der Waals surface area contributed by atoms with Gasteiger partial charge in [0.05, 0.1) is 12.2 Å². The quantitative estimate of drug-likeness (QED) is 0.902. The Hall–Kier alpha value is -2.24. The van der Waals surface area contributed by atoms with Crippen LogP contribution in [0.15, 0.2) is 36.5 Å². The van der Waals surface area contributed by atoms with E-state index in [2.05, 4.69) is 20.0 Å². The molecular formula is C13H13F2N3O. The Labute approximate surface area is 109 Å². The van der Waals surface area contributed by atoms with Crippen LogP contribution in [-0.4, -0.2) is 16.6 Å². The predicted molar refractivity (Wildman–Crippen MR) is 67.2 cm³/mol. The van der Waals surface area contributed by atoms with Crippen molar-refractivity contribution in [2.24, 2.45) is 0 Å². The van der Waals surface area contributed by atoms with Crippen LogP contribution in [0.2, 0.25) is 0 Å². The second-order valence-corrected chi connectivity index (χ2v) is 3.85. The molecule has 0 spiro atoms. The highest BCUT2D eigenvalue weighted by Gasteiger charge is 2.03. The lowest BCUT2D eigenvalue weighted by Crippen LogP contribution is -2.04. The predicted octanol–water partition coefficient (Wildman–Crippen LogP) is 3.00. The number of aromatic nitrogens is 2. The van der Waals surface area contributed by atoms with Crippen molar-refractivity contribution < 1.29 is 13.5 Å². The monoisotopic (exact) mass is 265 g/mol. The molecule has 1 N–H and O–H groups in total. The summed E-state index contributed by atoms with van der Waals surface area (Å²) in [7, 11) is 0. The highest BCUT2D eigenvalue weighted by molar-refractivity contribution is 5.46. The number of halogens is 2. The Kier molecular flexibility index (Phi) is 4.22. The minimum absolute atomic E-state index is 0.137. The second kappa shape index (κ2) is 6.08. The van der Waals surface area contributed by atoms with Crippen LogP contribution in [0.4, 0.5) is 14.5 Å². The number of hydrogen-bond donors (Lipinski definition) is 1. The van der Waals surface area contributed by atoms with Gasteiger partial charge >= 0.3 is 6.61 Å². The van der Waals surface area contributed by atoms with Crippen molar-refractivity contribution in [3.05, 3.63) is 48.0 Å². The van der Waals surface area contributed by atoms with Gasteiger partial charge in [-0.25, -0.2) is 9.97 Å². The SMILES string of the molecule is Cc1nccc(CNc2ccc(OC(F)F)cc2)n1. The van der Waals surface area contributed by atoms with Crippen LogP contribution >= 0.6 is 0 Å². The third-order valence-electron chi connectivity index (χ3n) is 2.39. The highest BCUT2D eigenvalue weighted by Crippen LogP contribution is 2.18. The van der Waals surface area contributed by atoms with Gasteiger partial charge in [-0.3, -0.25) is 0 Å². The summed E-state index contributed by atoms with van der Waals surface area (Å²) in [5.74, 6) is 0.846. The van der Waals surface area contributed by atoms with Gasteiger partial charge < -0.3 is 10.1 Å². The Bertz CT molecular complexity index is 532. The molecule has 0 radical (unpaired) electrons. The molecule has 0 aliphatic heterocycles. The van der Waals surface area contributed by atoms with E-state index in [1.165, 1.54) is 12.1 Å². The van der Waals surface area contributed by atoms with Crippen LogP contribution in [0.3, 0.4) is 0 Å². The average molecular weight is 265 g/mol. The molecule has 4 nitrogen and oxygen atoms in total. The van der Waals surface area contributed by atoms with E-state index in [0.29, 0.717) is 12.4 Å². The molecule has 0 atom stereocenters. The summed E-state index contributed by atoms with van der Waals surface area (Å²) in [5.41, 5.74) is 1.67. The molecule has 0 unspecified atom stereocenters. The van der Waals surface area contributed by atoms with E-state index >= 15 is 0 Å². The molecule has 1 aromatic heterocycles. The van der Waals surface area contributed by atoms with Crippen molar-refractivity contribution in [2.45, 2.75) is 20.1 Å². The Morgan fingerprint density at radius 3 is 2.58 bits per heavy atom. The van der Waals surface area contributed by atoms with Gasteiger partial charge in [-0.05, 0) is 37.3 Å². The van der Waals surface area contributed by atoms with Crippen molar-refractivity contribution in [3.8, 4) is 5.75 Å². The number of benzene rings is 1. The maximum Gasteiger partial charge on any atom is 0.387 e. The molecule has 0 aliphatic carbocycles. The van der Waals surface area contributed by atoms with E-state index in [1.54, 1.807) is 18.3 Å². The third kappa shape index (κ3) is 4.17. The molecule has 100 valence electrons. The molecule has 2 aromatic rings. The number of nitrogens with zero attached hydrogens (tertiary/aromatic N) is 2. The topological polar surface area (TPSA) is 47.0 Å². The molecule has 0 aliphatic rings. The van der Waals surface area contributed by atoms with Gasteiger partial charge in [-0.15, -0.1) is 0 Å². The first-order valence-corrected chi connectivity index (χ1v) is 5.71.